The van der Waals surface area contributed by atoms with Crippen molar-refractivity contribution >= 4 is 28.3 Å². The van der Waals surface area contributed by atoms with Gasteiger partial charge in [0.1, 0.15) is 23.5 Å². The van der Waals surface area contributed by atoms with E-state index in [2.05, 4.69) is 36.4 Å². The Kier molecular flexibility index (Phi) is 4.96. The maximum absolute atomic E-state index is 13.4. The number of nitrogens with zero attached hydrogens (tertiary/aromatic N) is 5. The van der Waals surface area contributed by atoms with Gasteiger partial charge in [0.05, 0.1) is 11.1 Å². The number of hydrogen-bond acceptors (Lipinski definition) is 5. The summed E-state index contributed by atoms with van der Waals surface area (Å²) in [5.41, 5.74) is 13.3. The molecular weight excluding hydrogens is 436 g/mol. The van der Waals surface area contributed by atoms with Gasteiger partial charge in [0.15, 0.2) is 0 Å². The standard InChI is InChI=1S/C28H30N6O/c1-4-20-14-17(2)21(15-30-20)24-22(23-25(29)31-16-32-26(23)33(24)3)18-6-8-19(9-7-18)27(35)34-13-5-10-28(34)11-12-28/h1,6,14-16,19H,5,7-13H2,2-3H3,(H2,29,31,32). The molecule has 4 heterocycles. The van der Waals surface area contributed by atoms with Crippen molar-refractivity contribution in [2.45, 2.75) is 57.4 Å². The van der Waals surface area contributed by atoms with E-state index in [9.17, 15) is 4.79 Å². The number of likely N-dealkylation sites (tertiary alicyclic amines) is 1. The third-order valence-corrected chi connectivity index (χ3v) is 8.28. The lowest BCUT2D eigenvalue weighted by atomic mass is 9.84. The van der Waals surface area contributed by atoms with Gasteiger partial charge in [-0.2, -0.15) is 0 Å². The number of hydrogen-bond donors (Lipinski definition) is 1. The highest BCUT2D eigenvalue weighted by Gasteiger charge is 2.53. The van der Waals surface area contributed by atoms with Gasteiger partial charge in [0, 0.05) is 42.4 Å². The Hall–Kier alpha value is -3.66. The van der Waals surface area contributed by atoms with Gasteiger partial charge in [-0.3, -0.25) is 4.79 Å². The van der Waals surface area contributed by atoms with Gasteiger partial charge in [-0.15, -0.1) is 6.42 Å². The van der Waals surface area contributed by atoms with Gasteiger partial charge >= 0.3 is 0 Å². The number of amides is 1. The molecule has 7 heteroatoms. The molecule has 1 saturated heterocycles. The zero-order valence-electron chi connectivity index (χ0n) is 20.3. The molecule has 0 bridgehead atoms. The number of fused-ring (bicyclic) bond motifs is 1. The molecule has 3 aliphatic rings. The molecular formula is C28H30N6O. The largest absolute Gasteiger partial charge is 0.383 e. The highest BCUT2D eigenvalue weighted by atomic mass is 16.2. The smallest absolute Gasteiger partial charge is 0.226 e. The number of allylic oxidation sites excluding steroid dienone is 2. The Balaban J connectivity index is 1.42. The number of aromatic nitrogens is 4. The summed E-state index contributed by atoms with van der Waals surface area (Å²) < 4.78 is 2.07. The molecule has 0 radical (unpaired) electrons. The fourth-order valence-electron chi connectivity index (χ4n) is 6.24. The molecule has 178 valence electrons. The molecule has 2 N–H and O–H groups in total. The van der Waals surface area contributed by atoms with Gasteiger partial charge in [-0.05, 0) is 69.1 Å². The summed E-state index contributed by atoms with van der Waals surface area (Å²) in [6.07, 6.45) is 18.2. The monoisotopic (exact) mass is 466 g/mol. The van der Waals surface area contributed by atoms with Crippen LogP contribution in [0.5, 0.6) is 0 Å². The van der Waals surface area contributed by atoms with E-state index in [1.165, 1.54) is 31.2 Å². The second kappa shape index (κ2) is 7.94. The first-order valence-corrected chi connectivity index (χ1v) is 12.5. The summed E-state index contributed by atoms with van der Waals surface area (Å²) in [6, 6.07) is 1.93. The summed E-state index contributed by atoms with van der Waals surface area (Å²) in [5, 5.41) is 0.859. The minimum atomic E-state index is 0.0552. The van der Waals surface area contributed by atoms with Crippen LogP contribution in [-0.2, 0) is 11.8 Å². The Morgan fingerprint density at radius 2 is 2.09 bits per heavy atom. The first-order valence-electron chi connectivity index (χ1n) is 12.5. The number of rotatable bonds is 3. The molecule has 1 unspecified atom stereocenters. The zero-order valence-corrected chi connectivity index (χ0v) is 20.3. The minimum absolute atomic E-state index is 0.0552. The fraction of sp³-hybridized carbons (Fsp3) is 0.429. The number of nitrogens with two attached hydrogens (primary N) is 1. The van der Waals surface area contributed by atoms with Crippen molar-refractivity contribution in [2.75, 3.05) is 12.3 Å². The van der Waals surface area contributed by atoms with E-state index in [0.717, 1.165) is 65.6 Å². The molecule has 2 fully saturated rings. The Morgan fingerprint density at radius 3 is 2.77 bits per heavy atom. The van der Waals surface area contributed by atoms with Gasteiger partial charge < -0.3 is 15.2 Å². The lowest BCUT2D eigenvalue weighted by Crippen LogP contribution is -2.41. The van der Waals surface area contributed by atoms with Gasteiger partial charge in [0.25, 0.3) is 0 Å². The number of carbonyl (C=O) groups is 1. The highest BCUT2D eigenvalue weighted by molar-refractivity contribution is 6.04. The fourth-order valence-corrected chi connectivity index (χ4v) is 6.24. The molecule has 3 aromatic heterocycles. The SMILES string of the molecule is C#Cc1cc(C)c(-c2c(C3=CCC(C(=O)N4CCCC45CC5)CC3)c3c(N)ncnc3n2C)cn1. The van der Waals surface area contributed by atoms with Crippen molar-refractivity contribution in [3.8, 4) is 23.6 Å². The van der Waals surface area contributed by atoms with Crippen LogP contribution in [0.15, 0.2) is 24.7 Å². The second-order valence-electron chi connectivity index (χ2n) is 10.3. The van der Waals surface area contributed by atoms with E-state index in [1.54, 1.807) is 0 Å². The summed E-state index contributed by atoms with van der Waals surface area (Å²) in [4.78, 5) is 28.9. The third-order valence-electron chi connectivity index (χ3n) is 8.28. The highest BCUT2D eigenvalue weighted by Crippen LogP contribution is 2.51. The molecule has 7 nitrogen and oxygen atoms in total. The van der Waals surface area contributed by atoms with E-state index in [1.807, 2.05) is 26.2 Å². The minimum Gasteiger partial charge on any atom is -0.383 e. The van der Waals surface area contributed by atoms with Crippen molar-refractivity contribution in [3.63, 3.8) is 0 Å². The Morgan fingerprint density at radius 1 is 1.26 bits per heavy atom. The van der Waals surface area contributed by atoms with Crippen LogP contribution in [-0.4, -0.2) is 42.4 Å². The molecule has 1 atom stereocenters. The molecule has 6 rings (SSSR count). The molecule has 1 aliphatic heterocycles. The van der Waals surface area contributed by atoms with E-state index in [0.29, 0.717) is 17.4 Å². The second-order valence-corrected chi connectivity index (χ2v) is 10.3. The first-order chi connectivity index (χ1) is 16.9. The molecule has 2 aliphatic carbocycles. The lowest BCUT2D eigenvalue weighted by molar-refractivity contribution is -0.137. The third kappa shape index (κ3) is 3.35. The maximum atomic E-state index is 13.4. The molecule has 35 heavy (non-hydrogen) atoms. The van der Waals surface area contributed by atoms with Crippen molar-refractivity contribution in [2.24, 2.45) is 13.0 Å². The normalized spacial score (nSPS) is 20.8. The van der Waals surface area contributed by atoms with E-state index < -0.39 is 0 Å². The van der Waals surface area contributed by atoms with Crippen LogP contribution in [0.4, 0.5) is 5.82 Å². The topological polar surface area (TPSA) is 89.9 Å². The predicted molar refractivity (Wildman–Crippen MR) is 137 cm³/mol. The van der Waals surface area contributed by atoms with Crippen LogP contribution < -0.4 is 5.73 Å². The maximum Gasteiger partial charge on any atom is 0.226 e. The number of aryl methyl sites for hydroxylation is 2. The van der Waals surface area contributed by atoms with E-state index in [4.69, 9.17) is 12.2 Å². The quantitative estimate of drug-likeness (QED) is 0.583. The average molecular weight is 467 g/mol. The van der Waals surface area contributed by atoms with Crippen molar-refractivity contribution < 1.29 is 4.79 Å². The van der Waals surface area contributed by atoms with E-state index >= 15 is 0 Å². The lowest BCUT2D eigenvalue weighted by Gasteiger charge is -2.30. The van der Waals surface area contributed by atoms with Crippen molar-refractivity contribution in [3.05, 3.63) is 41.5 Å². The van der Waals surface area contributed by atoms with Crippen molar-refractivity contribution in [1.82, 2.24) is 24.4 Å². The van der Waals surface area contributed by atoms with Crippen molar-refractivity contribution in [1.29, 1.82) is 0 Å². The van der Waals surface area contributed by atoms with Crippen LogP contribution in [0.3, 0.4) is 0 Å². The number of anilines is 1. The van der Waals surface area contributed by atoms with Gasteiger partial charge in [-0.1, -0.05) is 12.0 Å². The summed E-state index contributed by atoms with van der Waals surface area (Å²) >= 11 is 0. The Bertz CT molecular complexity index is 1440. The van der Waals surface area contributed by atoms with Gasteiger partial charge in [-0.25, -0.2) is 15.0 Å². The molecule has 1 saturated carbocycles. The summed E-state index contributed by atoms with van der Waals surface area (Å²) in [5.74, 6) is 3.48. The number of nitrogen functional groups attached to an aromatic ring is 1. The van der Waals surface area contributed by atoms with Gasteiger partial charge in [0.2, 0.25) is 5.91 Å². The van der Waals surface area contributed by atoms with Crippen LogP contribution >= 0.6 is 0 Å². The van der Waals surface area contributed by atoms with Crippen LogP contribution in [0.2, 0.25) is 0 Å². The average Bonchev–Trinajstić information content (AvgIpc) is 3.42. The first kappa shape index (κ1) is 21.8. The van der Waals surface area contributed by atoms with E-state index in [-0.39, 0.29) is 11.5 Å². The van der Waals surface area contributed by atoms with Crippen LogP contribution in [0.1, 0.15) is 61.8 Å². The number of pyridine rings is 1. The number of carbonyl (C=O) groups excluding carboxylic acids is 1. The summed E-state index contributed by atoms with van der Waals surface area (Å²) in [7, 11) is 2.00. The van der Waals surface area contributed by atoms with Crippen LogP contribution in [0, 0.1) is 25.2 Å². The predicted octanol–water partition coefficient (Wildman–Crippen LogP) is 4.24. The van der Waals surface area contributed by atoms with Crippen LogP contribution in [0.25, 0.3) is 27.9 Å². The summed E-state index contributed by atoms with van der Waals surface area (Å²) in [6.45, 7) is 2.97. The molecule has 3 aromatic rings. The molecule has 1 amide bonds. The zero-order chi connectivity index (χ0) is 24.3. The molecule has 0 aromatic carbocycles. The molecule has 1 spiro atoms. The Labute approximate surface area is 205 Å². The number of terminal acetylenes is 1.